The Morgan fingerprint density at radius 1 is 0.816 bits per heavy atom. The number of fused-ring (bicyclic) bond motifs is 5. The SMILES string of the molecule is COc1ccc(N2C(=O)[C@@H]3[C@@H](C2=O)[C@H]2C=C[C@H]3C2=C(c2ccc(C)cc2)c2ccc(C)cc2)c([N+](=O)[O-])c1. The quantitative estimate of drug-likeness (QED) is 0.193. The number of carbonyl (C=O) groups is 2. The molecule has 1 aliphatic heterocycles. The Morgan fingerprint density at radius 2 is 1.32 bits per heavy atom. The molecule has 3 aromatic rings. The molecule has 2 aliphatic carbocycles. The van der Waals surface area contributed by atoms with Crippen LogP contribution in [-0.4, -0.2) is 23.8 Å². The number of nitro groups is 1. The number of nitro benzene ring substituents is 1. The van der Waals surface area contributed by atoms with Gasteiger partial charge >= 0.3 is 0 Å². The minimum atomic E-state index is -0.597. The van der Waals surface area contributed by atoms with E-state index in [1.165, 1.54) is 25.3 Å². The Labute approximate surface area is 220 Å². The van der Waals surface area contributed by atoms with Gasteiger partial charge in [-0.05, 0) is 48.3 Å². The molecule has 0 unspecified atom stereocenters. The zero-order chi connectivity index (χ0) is 26.7. The number of hydrogen-bond donors (Lipinski definition) is 0. The second-order valence-electron chi connectivity index (χ2n) is 10.2. The molecule has 6 rings (SSSR count). The van der Waals surface area contributed by atoms with Crippen LogP contribution < -0.4 is 9.64 Å². The van der Waals surface area contributed by atoms with Crippen molar-refractivity contribution in [3.63, 3.8) is 0 Å². The molecule has 1 saturated carbocycles. The summed E-state index contributed by atoms with van der Waals surface area (Å²) >= 11 is 0. The smallest absolute Gasteiger partial charge is 0.297 e. The summed E-state index contributed by atoms with van der Waals surface area (Å²) in [4.78, 5) is 40.0. The zero-order valence-electron chi connectivity index (χ0n) is 21.3. The first-order chi connectivity index (χ1) is 18.3. The lowest BCUT2D eigenvalue weighted by Gasteiger charge is -2.22. The maximum Gasteiger partial charge on any atom is 0.297 e. The van der Waals surface area contributed by atoms with Crippen LogP contribution in [0, 0.1) is 47.6 Å². The zero-order valence-corrected chi connectivity index (χ0v) is 21.3. The molecule has 3 aliphatic rings. The average molecular weight is 507 g/mol. The van der Waals surface area contributed by atoms with Crippen LogP contribution in [0.4, 0.5) is 11.4 Å². The molecule has 0 radical (unpaired) electrons. The third kappa shape index (κ3) is 3.49. The number of nitrogens with zero attached hydrogens (tertiary/aromatic N) is 2. The fourth-order valence-electron chi connectivity index (χ4n) is 6.24. The van der Waals surface area contributed by atoms with Crippen LogP contribution in [0.2, 0.25) is 0 Å². The van der Waals surface area contributed by atoms with Crippen molar-refractivity contribution < 1.29 is 19.2 Å². The van der Waals surface area contributed by atoms with Gasteiger partial charge < -0.3 is 4.74 Å². The number of carbonyl (C=O) groups excluding carboxylic acids is 2. The number of benzene rings is 3. The summed E-state index contributed by atoms with van der Waals surface area (Å²) in [7, 11) is 1.41. The monoisotopic (exact) mass is 506 g/mol. The van der Waals surface area contributed by atoms with E-state index in [-0.39, 0.29) is 29.0 Å². The molecular weight excluding hydrogens is 480 g/mol. The lowest BCUT2D eigenvalue weighted by atomic mass is 9.85. The van der Waals surface area contributed by atoms with Crippen molar-refractivity contribution in [3.8, 4) is 5.75 Å². The number of methoxy groups -OCH3 is 1. The van der Waals surface area contributed by atoms with Gasteiger partial charge in [0.25, 0.3) is 5.69 Å². The van der Waals surface area contributed by atoms with Gasteiger partial charge in [-0.25, -0.2) is 4.90 Å². The molecule has 1 saturated heterocycles. The number of allylic oxidation sites excluding steroid dienone is 3. The van der Waals surface area contributed by atoms with E-state index in [4.69, 9.17) is 4.74 Å². The van der Waals surface area contributed by atoms with Crippen molar-refractivity contribution in [2.45, 2.75) is 13.8 Å². The van der Waals surface area contributed by atoms with Crippen molar-refractivity contribution in [1.29, 1.82) is 0 Å². The highest BCUT2D eigenvalue weighted by Gasteiger charge is 2.63. The molecule has 2 bridgehead atoms. The van der Waals surface area contributed by atoms with Crippen LogP contribution in [0.15, 0.2) is 84.5 Å². The highest BCUT2D eigenvalue weighted by atomic mass is 16.6. The Morgan fingerprint density at radius 3 is 1.76 bits per heavy atom. The van der Waals surface area contributed by atoms with E-state index < -0.39 is 28.6 Å². The number of amides is 2. The van der Waals surface area contributed by atoms with Crippen molar-refractivity contribution in [3.05, 3.63) is 117 Å². The summed E-state index contributed by atoms with van der Waals surface area (Å²) in [5.74, 6) is -2.22. The Kier molecular flexibility index (Phi) is 5.52. The van der Waals surface area contributed by atoms with Gasteiger partial charge in [-0.2, -0.15) is 0 Å². The van der Waals surface area contributed by atoms with Gasteiger partial charge in [0, 0.05) is 11.8 Å². The summed E-state index contributed by atoms with van der Waals surface area (Å²) in [5, 5.41) is 11.8. The molecule has 0 N–H and O–H groups in total. The topological polar surface area (TPSA) is 89.8 Å². The van der Waals surface area contributed by atoms with Crippen LogP contribution in [0.25, 0.3) is 5.57 Å². The summed E-state index contributed by atoms with van der Waals surface area (Å²) in [6, 6.07) is 20.8. The second-order valence-corrected chi connectivity index (χ2v) is 10.2. The van der Waals surface area contributed by atoms with Crippen LogP contribution in [0.3, 0.4) is 0 Å². The number of rotatable bonds is 5. The number of ether oxygens (including phenoxy) is 1. The van der Waals surface area contributed by atoms with E-state index in [0.717, 1.165) is 38.3 Å². The van der Waals surface area contributed by atoms with E-state index in [0.29, 0.717) is 0 Å². The molecule has 0 spiro atoms. The summed E-state index contributed by atoms with van der Waals surface area (Å²) in [6.45, 7) is 4.08. The van der Waals surface area contributed by atoms with Crippen LogP contribution in [0.1, 0.15) is 22.3 Å². The van der Waals surface area contributed by atoms with Crippen molar-refractivity contribution in [2.24, 2.45) is 23.7 Å². The molecule has 1 heterocycles. The standard InChI is InChI=1S/C31H26N2O5/c1-17-4-8-19(9-5-17)26(20-10-6-18(2)7-11-20)27-22-13-14-23(27)29-28(22)30(34)32(31(29)35)24-15-12-21(38-3)16-25(24)33(36)37/h4-16,22-23,28-29H,1-3H3/t22-,23-,28-,29-/m0/s1. The lowest BCUT2D eigenvalue weighted by Crippen LogP contribution is -2.33. The third-order valence-corrected chi connectivity index (χ3v) is 8.01. The normalized spacial score (nSPS) is 23.2. The third-order valence-electron chi connectivity index (χ3n) is 8.01. The molecule has 0 aromatic heterocycles. The number of anilines is 1. The highest BCUT2D eigenvalue weighted by Crippen LogP contribution is 2.59. The summed E-state index contributed by atoms with van der Waals surface area (Å²) < 4.78 is 5.13. The maximum absolute atomic E-state index is 13.8. The highest BCUT2D eigenvalue weighted by molar-refractivity contribution is 6.24. The Hall–Kier alpha value is -4.52. The molecule has 4 atom stereocenters. The van der Waals surface area contributed by atoms with Crippen LogP contribution in [0.5, 0.6) is 5.75 Å². The molecule has 7 heteroatoms. The minimum Gasteiger partial charge on any atom is -0.496 e. The van der Waals surface area contributed by atoms with E-state index in [2.05, 4.69) is 48.5 Å². The second kappa shape index (κ2) is 8.80. The summed E-state index contributed by atoms with van der Waals surface area (Å²) in [6.07, 6.45) is 4.06. The number of aryl methyl sites for hydroxylation is 2. The number of imide groups is 1. The van der Waals surface area contributed by atoms with E-state index >= 15 is 0 Å². The minimum absolute atomic E-state index is 0.0116. The fourth-order valence-corrected chi connectivity index (χ4v) is 6.24. The van der Waals surface area contributed by atoms with Gasteiger partial charge in [0.2, 0.25) is 11.8 Å². The van der Waals surface area contributed by atoms with E-state index in [9.17, 15) is 19.7 Å². The van der Waals surface area contributed by atoms with Crippen molar-refractivity contribution in [2.75, 3.05) is 12.0 Å². The Bertz CT molecular complexity index is 1470. The first-order valence-electron chi connectivity index (χ1n) is 12.6. The first kappa shape index (κ1) is 23.9. The van der Waals surface area contributed by atoms with E-state index in [1.807, 2.05) is 26.0 Å². The van der Waals surface area contributed by atoms with Gasteiger partial charge in [0.15, 0.2) is 0 Å². The van der Waals surface area contributed by atoms with Crippen molar-refractivity contribution >= 4 is 28.8 Å². The predicted molar refractivity (Wildman–Crippen MR) is 144 cm³/mol. The molecule has 2 fully saturated rings. The van der Waals surface area contributed by atoms with Crippen LogP contribution in [-0.2, 0) is 9.59 Å². The number of hydrogen-bond acceptors (Lipinski definition) is 5. The molecule has 7 nitrogen and oxygen atoms in total. The first-order valence-corrected chi connectivity index (χ1v) is 12.6. The fraction of sp³-hybridized carbons (Fsp3) is 0.226. The van der Waals surface area contributed by atoms with E-state index in [1.54, 1.807) is 0 Å². The molecule has 190 valence electrons. The van der Waals surface area contributed by atoms with Gasteiger partial charge in [0.05, 0.1) is 29.9 Å². The lowest BCUT2D eigenvalue weighted by molar-refractivity contribution is -0.384. The van der Waals surface area contributed by atoms with Gasteiger partial charge in [-0.3, -0.25) is 19.7 Å². The Balaban J connectivity index is 1.47. The molecule has 3 aromatic carbocycles. The molecule has 2 amide bonds. The summed E-state index contributed by atoms with van der Waals surface area (Å²) in [5.41, 5.74) is 6.14. The largest absolute Gasteiger partial charge is 0.496 e. The molecular formula is C31H26N2O5. The van der Waals surface area contributed by atoms with Gasteiger partial charge in [0.1, 0.15) is 11.4 Å². The average Bonchev–Trinajstić information content (AvgIpc) is 3.55. The molecule has 38 heavy (non-hydrogen) atoms. The predicted octanol–water partition coefficient (Wildman–Crippen LogP) is 5.64. The van der Waals surface area contributed by atoms with Gasteiger partial charge in [-0.1, -0.05) is 71.8 Å². The van der Waals surface area contributed by atoms with Crippen LogP contribution >= 0.6 is 0 Å². The van der Waals surface area contributed by atoms with Crippen molar-refractivity contribution in [1.82, 2.24) is 0 Å². The van der Waals surface area contributed by atoms with Gasteiger partial charge in [-0.15, -0.1) is 0 Å². The maximum atomic E-state index is 13.8.